The van der Waals surface area contributed by atoms with Gasteiger partial charge in [0.25, 0.3) is 5.91 Å². The number of nitrogens with one attached hydrogen (secondary N) is 1. The van der Waals surface area contributed by atoms with E-state index < -0.39 is 28.9 Å². The van der Waals surface area contributed by atoms with Crippen LogP contribution in [0, 0.1) is 0 Å². The standard InChI is InChI=1S/C20H18F3N7O3S/c1-11(31)10-30-27-16(26-28-30)14-9-24-18(34-14)29-7-5-19(6-8-29)25-17(32)15-12(20(21,22)23)3-2-4-13(15)33-19/h2-4,9H,5-8,10H2,1H3,(H,25,32). The van der Waals surface area contributed by atoms with Crippen LogP contribution < -0.4 is 15.0 Å². The summed E-state index contributed by atoms with van der Waals surface area (Å²) < 4.78 is 45.9. The van der Waals surface area contributed by atoms with Crippen LogP contribution >= 0.6 is 11.3 Å². The molecular weight excluding hydrogens is 475 g/mol. The van der Waals surface area contributed by atoms with Crippen molar-refractivity contribution in [2.75, 3.05) is 18.0 Å². The third kappa shape index (κ3) is 4.08. The van der Waals surface area contributed by atoms with Gasteiger partial charge in [0.2, 0.25) is 5.82 Å². The second kappa shape index (κ2) is 8.04. The number of fused-ring (bicyclic) bond motifs is 1. The number of Topliss-reactive ketones (excluding diaryl/α,β-unsaturated/α-hetero) is 1. The molecular formula is C20H18F3N7O3S. The van der Waals surface area contributed by atoms with Gasteiger partial charge in [-0.05, 0) is 24.3 Å². The Morgan fingerprint density at radius 3 is 2.76 bits per heavy atom. The molecule has 1 aromatic carbocycles. The number of piperidine rings is 1. The maximum atomic E-state index is 13.3. The van der Waals surface area contributed by atoms with E-state index >= 15 is 0 Å². The Kier molecular flexibility index (Phi) is 5.26. The van der Waals surface area contributed by atoms with Gasteiger partial charge in [0.05, 0.1) is 22.2 Å². The summed E-state index contributed by atoms with van der Waals surface area (Å²) in [6, 6.07) is 3.49. The van der Waals surface area contributed by atoms with E-state index in [1.54, 1.807) is 6.20 Å². The number of nitrogens with zero attached hydrogens (tertiary/aromatic N) is 6. The predicted molar refractivity (Wildman–Crippen MR) is 113 cm³/mol. The molecule has 2 aliphatic heterocycles. The minimum atomic E-state index is -4.66. The molecule has 178 valence electrons. The molecule has 14 heteroatoms. The summed E-state index contributed by atoms with van der Waals surface area (Å²) in [7, 11) is 0. The van der Waals surface area contributed by atoms with Gasteiger partial charge < -0.3 is 15.0 Å². The third-order valence-electron chi connectivity index (χ3n) is 5.58. The second-order valence-corrected chi connectivity index (χ2v) is 9.08. The van der Waals surface area contributed by atoms with Gasteiger partial charge >= 0.3 is 6.18 Å². The van der Waals surface area contributed by atoms with Gasteiger partial charge in [-0.15, -0.1) is 10.2 Å². The van der Waals surface area contributed by atoms with Crippen LogP contribution in [0.1, 0.15) is 35.7 Å². The van der Waals surface area contributed by atoms with Crippen LogP contribution in [0.15, 0.2) is 24.4 Å². The van der Waals surface area contributed by atoms with Crippen molar-refractivity contribution in [2.24, 2.45) is 0 Å². The van der Waals surface area contributed by atoms with E-state index in [9.17, 15) is 22.8 Å². The number of rotatable bonds is 4. The SMILES string of the molecule is CC(=O)Cn1nnc(-c2cnc(N3CCC4(CC3)NC(=O)c3c(cccc3C(F)(F)F)O4)s2)n1. The Balaban J connectivity index is 1.29. The number of anilines is 1. The molecule has 5 rings (SSSR count). The molecule has 2 aromatic heterocycles. The Morgan fingerprint density at radius 2 is 2.06 bits per heavy atom. The van der Waals surface area contributed by atoms with Crippen LogP contribution in [0.4, 0.5) is 18.3 Å². The summed E-state index contributed by atoms with van der Waals surface area (Å²) in [5.74, 6) is -0.592. The summed E-state index contributed by atoms with van der Waals surface area (Å²) in [5, 5.41) is 15.3. The lowest BCUT2D eigenvalue weighted by Crippen LogP contribution is -2.61. The quantitative estimate of drug-likeness (QED) is 0.590. The van der Waals surface area contributed by atoms with Gasteiger partial charge in [0.1, 0.15) is 12.3 Å². The zero-order chi connectivity index (χ0) is 24.1. The first-order valence-corrected chi connectivity index (χ1v) is 11.2. The van der Waals surface area contributed by atoms with E-state index in [4.69, 9.17) is 4.74 Å². The number of ether oxygens (including phenoxy) is 1. The Hall–Kier alpha value is -3.55. The van der Waals surface area contributed by atoms with Crippen molar-refractivity contribution in [3.63, 3.8) is 0 Å². The highest BCUT2D eigenvalue weighted by Crippen LogP contribution is 2.41. The largest absolute Gasteiger partial charge is 0.467 e. The van der Waals surface area contributed by atoms with Crippen LogP contribution in [0.5, 0.6) is 5.75 Å². The molecule has 0 radical (unpaired) electrons. The first-order valence-electron chi connectivity index (χ1n) is 10.3. The topological polar surface area (TPSA) is 115 Å². The summed E-state index contributed by atoms with van der Waals surface area (Å²) in [6.45, 7) is 2.40. The van der Waals surface area contributed by atoms with Crippen LogP contribution in [0.25, 0.3) is 10.7 Å². The Labute approximate surface area is 194 Å². The lowest BCUT2D eigenvalue weighted by molar-refractivity contribution is -0.138. The molecule has 0 bridgehead atoms. The lowest BCUT2D eigenvalue weighted by atomic mass is 9.95. The summed E-state index contributed by atoms with van der Waals surface area (Å²) >= 11 is 1.35. The number of carbonyl (C=O) groups is 2. The molecule has 4 heterocycles. The van der Waals surface area contributed by atoms with E-state index in [2.05, 4.69) is 25.7 Å². The molecule has 1 fully saturated rings. The van der Waals surface area contributed by atoms with Crippen molar-refractivity contribution >= 4 is 28.2 Å². The number of hydrogen-bond donors (Lipinski definition) is 1. The van der Waals surface area contributed by atoms with Crippen LogP contribution in [0.3, 0.4) is 0 Å². The molecule has 1 amide bonds. The van der Waals surface area contributed by atoms with Crippen LogP contribution in [-0.2, 0) is 17.5 Å². The number of aromatic nitrogens is 5. The molecule has 1 N–H and O–H groups in total. The number of thiazole rings is 1. The number of benzene rings is 1. The average molecular weight is 493 g/mol. The van der Waals surface area contributed by atoms with Crippen molar-refractivity contribution in [3.05, 3.63) is 35.5 Å². The average Bonchev–Trinajstić information content (AvgIpc) is 3.42. The van der Waals surface area contributed by atoms with E-state index in [0.29, 0.717) is 41.8 Å². The van der Waals surface area contributed by atoms with Crippen molar-refractivity contribution in [3.8, 4) is 16.5 Å². The van der Waals surface area contributed by atoms with Gasteiger partial charge in [0.15, 0.2) is 16.6 Å². The van der Waals surface area contributed by atoms with Crippen LogP contribution in [-0.4, -0.2) is 55.7 Å². The molecule has 0 unspecified atom stereocenters. The number of alkyl halides is 3. The summed E-state index contributed by atoms with van der Waals surface area (Å²) in [5.41, 5.74) is -2.58. The minimum Gasteiger partial charge on any atom is -0.467 e. The summed E-state index contributed by atoms with van der Waals surface area (Å²) in [4.78, 5) is 32.2. The smallest absolute Gasteiger partial charge is 0.417 e. The van der Waals surface area contributed by atoms with Gasteiger partial charge in [-0.1, -0.05) is 17.4 Å². The maximum absolute atomic E-state index is 13.3. The van der Waals surface area contributed by atoms with E-state index in [1.807, 2.05) is 4.90 Å². The highest BCUT2D eigenvalue weighted by atomic mass is 32.1. The highest BCUT2D eigenvalue weighted by Gasteiger charge is 2.46. The number of ketones is 1. The van der Waals surface area contributed by atoms with Gasteiger partial charge in [0, 0.05) is 25.9 Å². The van der Waals surface area contributed by atoms with Gasteiger partial charge in [-0.25, -0.2) is 4.98 Å². The fraction of sp³-hybridized carbons (Fsp3) is 0.400. The zero-order valence-corrected chi connectivity index (χ0v) is 18.6. The van der Waals surface area contributed by atoms with Crippen molar-refractivity contribution in [1.82, 2.24) is 30.5 Å². The molecule has 2 aliphatic rings. The third-order valence-corrected chi connectivity index (χ3v) is 6.63. The molecule has 0 atom stereocenters. The van der Waals surface area contributed by atoms with Crippen molar-refractivity contribution < 1.29 is 27.5 Å². The number of carbonyl (C=O) groups excluding carboxylic acids is 2. The first kappa shape index (κ1) is 22.3. The lowest BCUT2D eigenvalue weighted by Gasteiger charge is -2.44. The van der Waals surface area contributed by atoms with Crippen molar-refractivity contribution in [1.29, 1.82) is 0 Å². The Morgan fingerprint density at radius 1 is 1.29 bits per heavy atom. The molecule has 1 spiro atoms. The predicted octanol–water partition coefficient (Wildman–Crippen LogP) is 2.52. The monoisotopic (exact) mass is 493 g/mol. The molecule has 34 heavy (non-hydrogen) atoms. The second-order valence-electron chi connectivity index (χ2n) is 8.07. The fourth-order valence-electron chi connectivity index (χ4n) is 4.00. The normalized spacial score (nSPS) is 17.3. The maximum Gasteiger partial charge on any atom is 0.417 e. The van der Waals surface area contributed by atoms with E-state index in [-0.39, 0.29) is 18.1 Å². The molecule has 0 aliphatic carbocycles. The molecule has 1 saturated heterocycles. The number of halogens is 3. The summed E-state index contributed by atoms with van der Waals surface area (Å²) in [6.07, 6.45) is -2.32. The van der Waals surface area contributed by atoms with E-state index in [1.165, 1.54) is 35.2 Å². The number of hydrogen-bond acceptors (Lipinski definition) is 9. The highest BCUT2D eigenvalue weighted by molar-refractivity contribution is 7.18. The van der Waals surface area contributed by atoms with Crippen LogP contribution in [0.2, 0.25) is 0 Å². The Bertz CT molecular complexity index is 1260. The van der Waals surface area contributed by atoms with Gasteiger partial charge in [-0.2, -0.15) is 18.0 Å². The molecule has 10 nitrogen and oxygen atoms in total. The molecule has 0 saturated carbocycles. The fourth-order valence-corrected chi connectivity index (χ4v) is 4.89. The van der Waals surface area contributed by atoms with Gasteiger partial charge in [-0.3, -0.25) is 9.59 Å². The van der Waals surface area contributed by atoms with Crippen molar-refractivity contribution in [2.45, 2.75) is 38.2 Å². The number of tetrazole rings is 1. The molecule has 3 aromatic rings. The first-order chi connectivity index (χ1) is 16.1. The number of amides is 1. The zero-order valence-electron chi connectivity index (χ0n) is 17.8. The van der Waals surface area contributed by atoms with E-state index in [0.717, 1.165) is 6.07 Å². The minimum absolute atomic E-state index is 0.0339.